The molecular formula is C12H27NO2S. The molecule has 0 aliphatic rings. The van der Waals surface area contributed by atoms with Crippen molar-refractivity contribution in [1.82, 2.24) is 5.32 Å². The van der Waals surface area contributed by atoms with Gasteiger partial charge in [0.15, 0.2) is 0 Å². The maximum atomic E-state index is 9.56. The smallest absolute Gasteiger partial charge is 0.0897 e. The van der Waals surface area contributed by atoms with E-state index in [0.29, 0.717) is 13.2 Å². The van der Waals surface area contributed by atoms with Crippen molar-refractivity contribution in [3.05, 3.63) is 0 Å². The van der Waals surface area contributed by atoms with Gasteiger partial charge in [-0.15, -0.1) is 0 Å². The number of nitrogens with one attached hydrogen (secondary N) is 1. The third-order valence-corrected chi connectivity index (χ3v) is 2.93. The van der Waals surface area contributed by atoms with Crippen molar-refractivity contribution in [2.45, 2.75) is 38.7 Å². The maximum Gasteiger partial charge on any atom is 0.0897 e. The molecule has 0 amide bonds. The molecule has 0 aromatic rings. The van der Waals surface area contributed by atoms with Gasteiger partial charge in [-0.05, 0) is 12.7 Å². The molecule has 0 aromatic heterocycles. The van der Waals surface area contributed by atoms with Crippen LogP contribution in [0, 0.1) is 0 Å². The molecule has 0 heterocycles. The lowest BCUT2D eigenvalue weighted by atomic mass is 10.2. The second kappa shape index (κ2) is 13.3. The molecule has 0 bridgehead atoms. The normalized spacial score (nSPS) is 12.9. The first kappa shape index (κ1) is 16.2. The highest BCUT2D eigenvalue weighted by molar-refractivity contribution is 7.98. The average Bonchev–Trinajstić information content (AvgIpc) is 2.29. The minimum Gasteiger partial charge on any atom is -0.389 e. The maximum absolute atomic E-state index is 9.56. The summed E-state index contributed by atoms with van der Waals surface area (Å²) in [7, 11) is 0. The van der Waals surface area contributed by atoms with Crippen LogP contribution in [-0.4, -0.2) is 49.5 Å². The molecule has 4 heteroatoms. The summed E-state index contributed by atoms with van der Waals surface area (Å²) in [6.45, 7) is 5.02. The van der Waals surface area contributed by atoms with Crippen molar-refractivity contribution in [3.63, 3.8) is 0 Å². The quantitative estimate of drug-likeness (QED) is 0.518. The molecular weight excluding hydrogens is 222 g/mol. The zero-order valence-corrected chi connectivity index (χ0v) is 11.5. The van der Waals surface area contributed by atoms with Crippen LogP contribution < -0.4 is 5.32 Å². The topological polar surface area (TPSA) is 41.5 Å². The van der Waals surface area contributed by atoms with E-state index in [1.165, 1.54) is 19.3 Å². The number of ether oxygens (including phenoxy) is 1. The zero-order chi connectivity index (χ0) is 12.1. The predicted octanol–water partition coefficient (Wildman–Crippen LogP) is 1.90. The molecule has 0 fully saturated rings. The molecule has 0 rings (SSSR count). The van der Waals surface area contributed by atoms with Gasteiger partial charge in [-0.1, -0.05) is 26.2 Å². The van der Waals surface area contributed by atoms with Gasteiger partial charge in [-0.25, -0.2) is 0 Å². The molecule has 0 aromatic carbocycles. The fourth-order valence-corrected chi connectivity index (χ4v) is 1.70. The van der Waals surface area contributed by atoms with Gasteiger partial charge in [-0.3, -0.25) is 0 Å². The van der Waals surface area contributed by atoms with Crippen LogP contribution in [0.15, 0.2) is 0 Å². The van der Waals surface area contributed by atoms with Crippen LogP contribution in [0.5, 0.6) is 0 Å². The van der Waals surface area contributed by atoms with Gasteiger partial charge in [-0.2, -0.15) is 11.8 Å². The first-order valence-corrected chi connectivity index (χ1v) is 7.66. The van der Waals surface area contributed by atoms with E-state index in [2.05, 4.69) is 18.5 Å². The second-order valence-electron chi connectivity index (χ2n) is 3.99. The number of aliphatic hydroxyl groups excluding tert-OH is 1. The second-order valence-corrected chi connectivity index (χ2v) is 4.97. The number of rotatable bonds is 12. The van der Waals surface area contributed by atoms with Crippen LogP contribution in [0.1, 0.15) is 32.6 Å². The Bertz CT molecular complexity index is 136. The fourth-order valence-electron chi connectivity index (χ4n) is 1.35. The van der Waals surface area contributed by atoms with E-state index >= 15 is 0 Å². The van der Waals surface area contributed by atoms with E-state index in [1.807, 2.05) is 0 Å². The van der Waals surface area contributed by atoms with Gasteiger partial charge in [0.1, 0.15) is 0 Å². The van der Waals surface area contributed by atoms with Gasteiger partial charge in [0.05, 0.1) is 12.7 Å². The Kier molecular flexibility index (Phi) is 13.5. The monoisotopic (exact) mass is 249 g/mol. The molecule has 1 atom stereocenters. The Morgan fingerprint density at radius 3 is 2.81 bits per heavy atom. The zero-order valence-electron chi connectivity index (χ0n) is 10.7. The predicted molar refractivity (Wildman–Crippen MR) is 72.2 cm³/mol. The molecule has 1 unspecified atom stereocenters. The molecule has 0 saturated heterocycles. The number of thioether (sulfide) groups is 1. The minimum atomic E-state index is -0.368. The fraction of sp³-hybridized carbons (Fsp3) is 1.00. The number of unbranched alkanes of at least 4 members (excludes halogenated alkanes) is 3. The Balaban J connectivity index is 3.08. The lowest BCUT2D eigenvalue weighted by molar-refractivity contribution is 0.0358. The molecule has 0 aliphatic carbocycles. The van der Waals surface area contributed by atoms with E-state index < -0.39 is 0 Å². The van der Waals surface area contributed by atoms with E-state index in [1.54, 1.807) is 11.8 Å². The number of hydrogen-bond acceptors (Lipinski definition) is 4. The van der Waals surface area contributed by atoms with E-state index in [0.717, 1.165) is 25.3 Å². The van der Waals surface area contributed by atoms with Crippen LogP contribution in [0.25, 0.3) is 0 Å². The third kappa shape index (κ3) is 12.3. The summed E-state index contributed by atoms with van der Waals surface area (Å²) in [4.78, 5) is 0. The van der Waals surface area contributed by atoms with Gasteiger partial charge < -0.3 is 15.2 Å². The van der Waals surface area contributed by atoms with Crippen molar-refractivity contribution < 1.29 is 9.84 Å². The van der Waals surface area contributed by atoms with Crippen LogP contribution >= 0.6 is 11.8 Å². The van der Waals surface area contributed by atoms with Crippen LogP contribution in [0.3, 0.4) is 0 Å². The summed E-state index contributed by atoms with van der Waals surface area (Å²) < 4.78 is 5.40. The van der Waals surface area contributed by atoms with Crippen molar-refractivity contribution in [2.24, 2.45) is 0 Å². The van der Waals surface area contributed by atoms with Crippen LogP contribution in [0.2, 0.25) is 0 Å². The number of aliphatic hydroxyl groups is 1. The van der Waals surface area contributed by atoms with E-state index in [4.69, 9.17) is 4.74 Å². The van der Waals surface area contributed by atoms with Gasteiger partial charge in [0.25, 0.3) is 0 Å². The Morgan fingerprint density at radius 1 is 1.31 bits per heavy atom. The molecule has 0 radical (unpaired) electrons. The van der Waals surface area contributed by atoms with Crippen LogP contribution in [-0.2, 0) is 4.74 Å². The summed E-state index contributed by atoms with van der Waals surface area (Å²) in [6.07, 6.45) is 6.59. The standard InChI is InChI=1S/C12H27NO2S/c1-3-4-5-6-8-15-11-12(14)10-13-7-9-16-2/h12-14H,3-11H2,1-2H3. The molecule has 16 heavy (non-hydrogen) atoms. The number of hydrogen-bond donors (Lipinski definition) is 2. The van der Waals surface area contributed by atoms with Crippen molar-refractivity contribution >= 4 is 11.8 Å². The summed E-state index contributed by atoms with van der Waals surface area (Å²) in [5.41, 5.74) is 0. The largest absolute Gasteiger partial charge is 0.389 e. The summed E-state index contributed by atoms with van der Waals surface area (Å²) in [6, 6.07) is 0. The van der Waals surface area contributed by atoms with E-state index in [-0.39, 0.29) is 6.10 Å². The van der Waals surface area contributed by atoms with Gasteiger partial charge in [0.2, 0.25) is 0 Å². The Morgan fingerprint density at radius 2 is 2.12 bits per heavy atom. The first-order valence-electron chi connectivity index (χ1n) is 6.26. The highest BCUT2D eigenvalue weighted by atomic mass is 32.2. The molecule has 0 saturated carbocycles. The van der Waals surface area contributed by atoms with Gasteiger partial charge in [0, 0.05) is 25.4 Å². The molecule has 3 nitrogen and oxygen atoms in total. The summed E-state index contributed by atoms with van der Waals surface area (Å²) >= 11 is 1.81. The SMILES string of the molecule is CCCCCCOCC(O)CNCCSC. The summed E-state index contributed by atoms with van der Waals surface area (Å²) in [5, 5.41) is 12.8. The lowest BCUT2D eigenvalue weighted by Gasteiger charge is -2.12. The van der Waals surface area contributed by atoms with E-state index in [9.17, 15) is 5.11 Å². The average molecular weight is 249 g/mol. The van der Waals surface area contributed by atoms with Gasteiger partial charge >= 0.3 is 0 Å². The first-order chi connectivity index (χ1) is 7.81. The molecule has 98 valence electrons. The van der Waals surface area contributed by atoms with Crippen molar-refractivity contribution in [2.75, 3.05) is 38.3 Å². The highest BCUT2D eigenvalue weighted by Crippen LogP contribution is 1.99. The Hall–Kier alpha value is 0.230. The third-order valence-electron chi connectivity index (χ3n) is 2.32. The van der Waals surface area contributed by atoms with Crippen molar-refractivity contribution in [3.8, 4) is 0 Å². The summed E-state index contributed by atoms with van der Waals surface area (Å²) in [5.74, 6) is 1.09. The van der Waals surface area contributed by atoms with Crippen molar-refractivity contribution in [1.29, 1.82) is 0 Å². The molecule has 0 spiro atoms. The lowest BCUT2D eigenvalue weighted by Crippen LogP contribution is -2.31. The highest BCUT2D eigenvalue weighted by Gasteiger charge is 2.02. The molecule has 2 N–H and O–H groups in total. The molecule has 0 aliphatic heterocycles. The minimum absolute atomic E-state index is 0.368. The Labute approximate surface area is 104 Å². The van der Waals surface area contributed by atoms with Crippen LogP contribution in [0.4, 0.5) is 0 Å².